The number of esters is 1. The number of nitrogens with zero attached hydrogens (tertiary/aromatic N) is 1. The largest absolute Gasteiger partial charge is 0.462 e. The molecule has 2 aromatic carbocycles. The molecule has 1 aliphatic heterocycles. The average Bonchev–Trinajstić information content (AvgIpc) is 2.82. The second-order valence-electron chi connectivity index (χ2n) is 7.63. The Kier molecular flexibility index (Phi) is 9.12. The molecule has 0 radical (unpaired) electrons. The smallest absolute Gasteiger partial charge is 0.343 e. The highest BCUT2D eigenvalue weighted by Gasteiger charge is 2.24. The molecule has 0 amide bonds. The van der Waals surface area contributed by atoms with Crippen LogP contribution >= 0.6 is 0 Å². The molecule has 3 rings (SSSR count). The molecule has 7 nitrogen and oxygen atoms in total. The van der Waals surface area contributed by atoms with Crippen LogP contribution in [0, 0.1) is 5.82 Å². The van der Waals surface area contributed by atoms with Crippen molar-refractivity contribution in [3.8, 4) is 0 Å². The molecule has 1 aliphatic rings. The molecule has 0 atom stereocenters. The van der Waals surface area contributed by atoms with E-state index >= 15 is 0 Å². The standard InChI is InChI=1S/C25H29FN2O5/c1-2-33-25(31)22(16-27-20-5-3-4-18(14-20)8-11-29)24(30)21-15-19(6-7-23(21)26)17-28-9-12-32-13-10-28/h3-7,14-16,27,29H,2,8-13,17H2,1H3. The number of anilines is 1. The summed E-state index contributed by atoms with van der Waals surface area (Å²) in [5.41, 5.74) is 1.80. The van der Waals surface area contributed by atoms with Crippen molar-refractivity contribution in [3.05, 3.63) is 76.7 Å². The number of morpholine rings is 1. The number of carbonyl (C=O) groups is 2. The third-order valence-corrected chi connectivity index (χ3v) is 5.24. The Morgan fingerprint density at radius 3 is 2.70 bits per heavy atom. The van der Waals surface area contributed by atoms with Crippen molar-refractivity contribution >= 4 is 17.4 Å². The number of Topliss-reactive ketones (excluding diaryl/α,β-unsaturated/α-hetero) is 1. The molecular formula is C25H29FN2O5. The fraction of sp³-hybridized carbons (Fsp3) is 0.360. The van der Waals surface area contributed by atoms with Gasteiger partial charge >= 0.3 is 5.97 Å². The predicted molar refractivity (Wildman–Crippen MR) is 122 cm³/mol. The molecule has 0 aromatic heterocycles. The van der Waals surface area contributed by atoms with E-state index in [1.54, 1.807) is 31.2 Å². The van der Waals surface area contributed by atoms with E-state index < -0.39 is 17.6 Å². The first kappa shape index (κ1) is 24.6. The highest BCUT2D eigenvalue weighted by molar-refractivity contribution is 6.24. The predicted octanol–water partition coefficient (Wildman–Crippen LogP) is 2.93. The number of hydrogen-bond donors (Lipinski definition) is 2. The number of halogens is 1. The van der Waals surface area contributed by atoms with Gasteiger partial charge in [-0.15, -0.1) is 0 Å². The monoisotopic (exact) mass is 456 g/mol. The van der Waals surface area contributed by atoms with Gasteiger partial charge in [0, 0.05) is 38.1 Å². The molecular weight excluding hydrogens is 427 g/mol. The summed E-state index contributed by atoms with van der Waals surface area (Å²) in [6, 6.07) is 11.6. The van der Waals surface area contributed by atoms with Gasteiger partial charge in [-0.2, -0.15) is 0 Å². The summed E-state index contributed by atoms with van der Waals surface area (Å²) in [5, 5.41) is 12.1. The van der Waals surface area contributed by atoms with Gasteiger partial charge in [-0.25, -0.2) is 9.18 Å². The van der Waals surface area contributed by atoms with E-state index in [1.807, 2.05) is 6.07 Å². The van der Waals surface area contributed by atoms with Crippen LogP contribution in [-0.4, -0.2) is 61.3 Å². The number of ketones is 1. The molecule has 1 saturated heterocycles. The van der Waals surface area contributed by atoms with Crippen molar-refractivity contribution in [1.29, 1.82) is 0 Å². The minimum atomic E-state index is -0.834. The molecule has 0 bridgehead atoms. The number of ether oxygens (including phenoxy) is 2. The van der Waals surface area contributed by atoms with Gasteiger partial charge in [0.15, 0.2) is 0 Å². The highest BCUT2D eigenvalue weighted by Crippen LogP contribution is 2.19. The Bertz CT molecular complexity index is 1000. The summed E-state index contributed by atoms with van der Waals surface area (Å²) in [4.78, 5) is 27.9. The molecule has 8 heteroatoms. The minimum Gasteiger partial charge on any atom is -0.462 e. The molecule has 0 spiro atoms. The molecule has 2 N–H and O–H groups in total. The summed E-state index contributed by atoms with van der Waals surface area (Å²) in [6.45, 7) is 5.05. The Labute approximate surface area is 192 Å². The fourth-order valence-electron chi connectivity index (χ4n) is 3.53. The number of rotatable bonds is 10. The maximum absolute atomic E-state index is 14.6. The first-order valence-electron chi connectivity index (χ1n) is 11.0. The number of aliphatic hydroxyl groups is 1. The Morgan fingerprint density at radius 1 is 1.18 bits per heavy atom. The summed E-state index contributed by atoms with van der Waals surface area (Å²) < 4.78 is 25.0. The molecule has 33 heavy (non-hydrogen) atoms. The average molecular weight is 457 g/mol. The zero-order valence-electron chi connectivity index (χ0n) is 18.7. The fourth-order valence-corrected chi connectivity index (χ4v) is 3.53. The lowest BCUT2D eigenvalue weighted by molar-refractivity contribution is -0.138. The Hall–Kier alpha value is -3.07. The molecule has 1 heterocycles. The molecule has 1 fully saturated rings. The second kappa shape index (κ2) is 12.2. The van der Waals surface area contributed by atoms with Gasteiger partial charge in [-0.1, -0.05) is 18.2 Å². The van der Waals surface area contributed by atoms with E-state index in [2.05, 4.69) is 10.2 Å². The van der Waals surface area contributed by atoms with Crippen LogP contribution in [-0.2, 0) is 27.2 Å². The minimum absolute atomic E-state index is 0.00588. The van der Waals surface area contributed by atoms with E-state index in [9.17, 15) is 14.0 Å². The van der Waals surface area contributed by atoms with E-state index in [4.69, 9.17) is 14.6 Å². The van der Waals surface area contributed by atoms with Gasteiger partial charge in [0.05, 0.1) is 25.4 Å². The van der Waals surface area contributed by atoms with E-state index in [1.165, 1.54) is 18.3 Å². The van der Waals surface area contributed by atoms with E-state index in [0.29, 0.717) is 31.9 Å². The number of hydrogen-bond acceptors (Lipinski definition) is 7. The summed E-state index contributed by atoms with van der Waals surface area (Å²) in [5.74, 6) is -2.29. The lowest BCUT2D eigenvalue weighted by Gasteiger charge is -2.26. The highest BCUT2D eigenvalue weighted by atomic mass is 19.1. The maximum atomic E-state index is 14.6. The van der Waals surface area contributed by atoms with Gasteiger partial charge in [0.2, 0.25) is 5.78 Å². The first-order valence-corrected chi connectivity index (χ1v) is 11.0. The van der Waals surface area contributed by atoms with Gasteiger partial charge in [-0.05, 0) is 48.7 Å². The van der Waals surface area contributed by atoms with Crippen molar-refractivity contribution in [2.75, 3.05) is 44.8 Å². The Morgan fingerprint density at radius 2 is 1.97 bits per heavy atom. The number of benzene rings is 2. The van der Waals surface area contributed by atoms with Crippen molar-refractivity contribution in [1.82, 2.24) is 4.90 Å². The van der Waals surface area contributed by atoms with Crippen LogP contribution in [0.5, 0.6) is 0 Å². The zero-order valence-corrected chi connectivity index (χ0v) is 18.7. The molecule has 0 aliphatic carbocycles. The molecule has 0 unspecified atom stereocenters. The van der Waals surface area contributed by atoms with E-state index in [-0.39, 0.29) is 24.4 Å². The van der Waals surface area contributed by atoms with Gasteiger partial charge in [0.25, 0.3) is 0 Å². The molecule has 176 valence electrons. The summed E-state index contributed by atoms with van der Waals surface area (Å²) >= 11 is 0. The van der Waals surface area contributed by atoms with Gasteiger partial charge in [-0.3, -0.25) is 9.69 Å². The van der Waals surface area contributed by atoms with Crippen molar-refractivity contribution in [3.63, 3.8) is 0 Å². The van der Waals surface area contributed by atoms with Gasteiger partial charge in [0.1, 0.15) is 11.4 Å². The lowest BCUT2D eigenvalue weighted by Crippen LogP contribution is -2.35. The third kappa shape index (κ3) is 6.95. The number of nitrogens with one attached hydrogen (secondary N) is 1. The van der Waals surface area contributed by atoms with Gasteiger partial charge < -0.3 is 19.9 Å². The summed E-state index contributed by atoms with van der Waals surface area (Å²) in [7, 11) is 0. The van der Waals surface area contributed by atoms with Crippen LogP contribution in [0.15, 0.2) is 54.2 Å². The van der Waals surface area contributed by atoms with Crippen LogP contribution in [0.1, 0.15) is 28.4 Å². The molecule has 0 saturated carbocycles. The van der Waals surface area contributed by atoms with Crippen LogP contribution in [0.3, 0.4) is 0 Å². The third-order valence-electron chi connectivity index (χ3n) is 5.24. The topological polar surface area (TPSA) is 88.1 Å². The molecule has 2 aromatic rings. The normalized spacial score (nSPS) is 14.7. The first-order chi connectivity index (χ1) is 16.0. The SMILES string of the molecule is CCOC(=O)C(=CNc1cccc(CCO)c1)C(=O)c1cc(CN2CCOCC2)ccc1F. The van der Waals surface area contributed by atoms with Crippen LogP contribution in [0.2, 0.25) is 0 Å². The van der Waals surface area contributed by atoms with E-state index in [0.717, 1.165) is 24.2 Å². The second-order valence-corrected chi connectivity index (χ2v) is 7.63. The van der Waals surface area contributed by atoms with Crippen molar-refractivity contribution < 1.29 is 28.6 Å². The number of carbonyl (C=O) groups excluding carboxylic acids is 2. The summed E-state index contributed by atoms with van der Waals surface area (Å²) in [6.07, 6.45) is 1.72. The van der Waals surface area contributed by atoms with Crippen LogP contribution in [0.25, 0.3) is 0 Å². The lowest BCUT2D eigenvalue weighted by atomic mass is 10.0. The Balaban J connectivity index is 1.85. The van der Waals surface area contributed by atoms with Crippen LogP contribution in [0.4, 0.5) is 10.1 Å². The van der Waals surface area contributed by atoms with Crippen molar-refractivity contribution in [2.24, 2.45) is 0 Å². The van der Waals surface area contributed by atoms with Crippen molar-refractivity contribution in [2.45, 2.75) is 19.9 Å². The van der Waals surface area contributed by atoms with Crippen LogP contribution < -0.4 is 5.32 Å². The maximum Gasteiger partial charge on any atom is 0.343 e. The number of aliphatic hydroxyl groups excluding tert-OH is 1. The zero-order chi connectivity index (χ0) is 23.6. The quantitative estimate of drug-likeness (QED) is 0.187.